The Hall–Kier alpha value is -0.550. The van der Waals surface area contributed by atoms with E-state index in [0.717, 1.165) is 31.6 Å². The van der Waals surface area contributed by atoms with Crippen LogP contribution in [0.2, 0.25) is 0 Å². The van der Waals surface area contributed by atoms with Crippen molar-refractivity contribution in [2.45, 2.75) is 25.7 Å². The summed E-state index contributed by atoms with van der Waals surface area (Å²) in [6.07, 6.45) is 4.52. The molecule has 2 N–H and O–H groups in total. The van der Waals surface area contributed by atoms with Crippen molar-refractivity contribution in [2.75, 3.05) is 19.5 Å². The zero-order chi connectivity index (χ0) is 10.2. The Kier molecular flexibility index (Phi) is 5.63. The molecule has 5 heteroatoms. The fraction of sp³-hybridized carbons (Fsp3) is 0.778. The normalized spacial score (nSPS) is 16.4. The fourth-order valence-electron chi connectivity index (χ4n) is 1.23. The van der Waals surface area contributed by atoms with Gasteiger partial charge in [-0.15, -0.1) is 0 Å². The summed E-state index contributed by atoms with van der Waals surface area (Å²) in [6.45, 7) is 0.851. The van der Waals surface area contributed by atoms with Gasteiger partial charge < -0.3 is 4.74 Å². The second-order valence-electron chi connectivity index (χ2n) is 3.21. The summed E-state index contributed by atoms with van der Waals surface area (Å²) in [4.78, 5) is 0. The maximum absolute atomic E-state index is 7.27. The lowest BCUT2D eigenvalue weighted by molar-refractivity contribution is 0.192. The average molecular weight is 215 g/mol. The summed E-state index contributed by atoms with van der Waals surface area (Å²) in [5.41, 5.74) is 3.86. The molecule has 0 saturated carbocycles. The van der Waals surface area contributed by atoms with E-state index in [9.17, 15) is 0 Å². The number of hydrazone groups is 1. The number of nitrogens with one attached hydrogen (secondary N) is 2. The van der Waals surface area contributed by atoms with Gasteiger partial charge >= 0.3 is 0 Å². The molecule has 0 bridgehead atoms. The van der Waals surface area contributed by atoms with Crippen LogP contribution in [0.15, 0.2) is 5.10 Å². The lowest BCUT2D eigenvalue weighted by atomic mass is 10.1. The second-order valence-corrected chi connectivity index (χ2v) is 4.20. The quantitative estimate of drug-likeness (QED) is 0.664. The van der Waals surface area contributed by atoms with E-state index in [1.807, 2.05) is 0 Å². The molecular formula is C9H17N3OS. The van der Waals surface area contributed by atoms with Gasteiger partial charge in [0.05, 0.1) is 0 Å². The molecule has 0 atom stereocenters. The highest BCUT2D eigenvalue weighted by atomic mass is 32.2. The van der Waals surface area contributed by atoms with Gasteiger partial charge in [0.2, 0.25) is 0 Å². The molecule has 1 heterocycles. The Balaban J connectivity index is 2.04. The molecule has 80 valence electrons. The van der Waals surface area contributed by atoms with Gasteiger partial charge in [-0.25, -0.2) is 0 Å². The summed E-state index contributed by atoms with van der Waals surface area (Å²) in [5, 5.41) is 11.8. The van der Waals surface area contributed by atoms with Gasteiger partial charge in [-0.05, 0) is 19.3 Å². The van der Waals surface area contributed by atoms with Crippen LogP contribution in [0, 0.1) is 5.41 Å². The third-order valence-electron chi connectivity index (χ3n) is 2.01. The maximum atomic E-state index is 7.27. The fourth-order valence-corrected chi connectivity index (χ4v) is 1.86. The number of hydrogen-bond donors (Lipinski definition) is 2. The van der Waals surface area contributed by atoms with Crippen molar-refractivity contribution >= 4 is 22.6 Å². The third-order valence-corrected chi connectivity index (χ3v) is 2.87. The smallest absolute Gasteiger partial charge is 0.174 e. The Morgan fingerprint density at radius 3 is 3.00 bits per heavy atom. The number of unbranched alkanes of at least 4 members (excludes halogenated alkanes) is 2. The molecule has 0 amide bonds. The van der Waals surface area contributed by atoms with E-state index in [-0.39, 0.29) is 0 Å². The first kappa shape index (κ1) is 11.5. The molecule has 0 unspecified atom stereocenters. The summed E-state index contributed by atoms with van der Waals surface area (Å²) >= 11 is 1.51. The minimum absolute atomic E-state index is 0.452. The number of methoxy groups -OCH3 is 1. The monoisotopic (exact) mass is 215 g/mol. The number of amidine groups is 1. The van der Waals surface area contributed by atoms with Crippen molar-refractivity contribution in [3.05, 3.63) is 0 Å². The predicted octanol–water partition coefficient (Wildman–Crippen LogP) is 1.82. The van der Waals surface area contributed by atoms with Crippen molar-refractivity contribution in [1.29, 1.82) is 5.41 Å². The topological polar surface area (TPSA) is 57.5 Å². The first-order chi connectivity index (χ1) is 6.83. The molecular weight excluding hydrogens is 198 g/mol. The summed E-state index contributed by atoms with van der Waals surface area (Å²) in [7, 11) is 1.73. The molecule has 0 radical (unpaired) electrons. The molecule has 1 aliphatic rings. The van der Waals surface area contributed by atoms with Gasteiger partial charge in [0, 0.05) is 25.2 Å². The van der Waals surface area contributed by atoms with Crippen molar-refractivity contribution in [1.82, 2.24) is 5.43 Å². The van der Waals surface area contributed by atoms with Crippen molar-refractivity contribution in [2.24, 2.45) is 5.10 Å². The largest absolute Gasteiger partial charge is 0.385 e. The molecule has 0 aromatic rings. The van der Waals surface area contributed by atoms with Crippen molar-refractivity contribution < 1.29 is 4.74 Å². The van der Waals surface area contributed by atoms with E-state index in [1.165, 1.54) is 23.9 Å². The number of ether oxygens (including phenoxy) is 1. The van der Waals surface area contributed by atoms with E-state index >= 15 is 0 Å². The number of nitrogens with zero attached hydrogens (tertiary/aromatic N) is 1. The van der Waals surface area contributed by atoms with Crippen LogP contribution in [0.3, 0.4) is 0 Å². The van der Waals surface area contributed by atoms with E-state index in [1.54, 1.807) is 7.11 Å². The minimum atomic E-state index is 0.452. The van der Waals surface area contributed by atoms with Crippen LogP contribution >= 0.6 is 11.8 Å². The van der Waals surface area contributed by atoms with Gasteiger partial charge in [0.15, 0.2) is 5.17 Å². The van der Waals surface area contributed by atoms with Crippen molar-refractivity contribution in [3.63, 3.8) is 0 Å². The van der Waals surface area contributed by atoms with Gasteiger partial charge in [-0.2, -0.15) is 5.10 Å². The van der Waals surface area contributed by atoms with Crippen LogP contribution in [0.4, 0.5) is 0 Å². The zero-order valence-corrected chi connectivity index (χ0v) is 9.32. The number of thioether (sulfide) groups is 1. The van der Waals surface area contributed by atoms with Gasteiger partial charge in [0.1, 0.15) is 0 Å². The SMILES string of the molecule is COCCCCCC1=NNC(=N)SC1. The van der Waals surface area contributed by atoms with Crippen LogP contribution < -0.4 is 5.43 Å². The molecule has 0 spiro atoms. The maximum Gasteiger partial charge on any atom is 0.174 e. The molecule has 0 aromatic carbocycles. The molecule has 0 fully saturated rings. The minimum Gasteiger partial charge on any atom is -0.385 e. The van der Waals surface area contributed by atoms with E-state index in [4.69, 9.17) is 10.1 Å². The van der Waals surface area contributed by atoms with Crippen LogP contribution in [0.5, 0.6) is 0 Å². The Bertz CT molecular complexity index is 218. The molecule has 1 rings (SSSR count). The number of rotatable bonds is 6. The van der Waals surface area contributed by atoms with Crippen LogP contribution in [-0.2, 0) is 4.74 Å². The first-order valence-electron chi connectivity index (χ1n) is 4.84. The predicted molar refractivity (Wildman–Crippen MR) is 61.1 cm³/mol. The van der Waals surface area contributed by atoms with Gasteiger partial charge in [-0.3, -0.25) is 10.8 Å². The van der Waals surface area contributed by atoms with E-state index < -0.39 is 0 Å². The van der Waals surface area contributed by atoms with E-state index in [0.29, 0.717) is 5.17 Å². The molecule has 0 saturated heterocycles. The highest BCUT2D eigenvalue weighted by Gasteiger charge is 2.08. The highest BCUT2D eigenvalue weighted by molar-refractivity contribution is 8.14. The summed E-state index contributed by atoms with van der Waals surface area (Å²) in [6, 6.07) is 0. The molecule has 1 aliphatic heterocycles. The Labute approximate surface area is 89.0 Å². The summed E-state index contributed by atoms with van der Waals surface area (Å²) in [5.74, 6) is 0.871. The lowest BCUT2D eigenvalue weighted by Gasteiger charge is -2.12. The van der Waals surface area contributed by atoms with Crippen LogP contribution in [0.25, 0.3) is 0 Å². The Morgan fingerprint density at radius 1 is 1.50 bits per heavy atom. The average Bonchev–Trinajstić information content (AvgIpc) is 2.21. The standard InChI is InChI=1S/C9H17N3OS/c1-13-6-4-2-3-5-8-7-14-9(10)12-11-8/h2-7H2,1H3,(H2,10,12). The highest BCUT2D eigenvalue weighted by Crippen LogP contribution is 2.10. The van der Waals surface area contributed by atoms with Gasteiger partial charge in [0.25, 0.3) is 0 Å². The molecule has 0 aliphatic carbocycles. The zero-order valence-electron chi connectivity index (χ0n) is 8.51. The van der Waals surface area contributed by atoms with Crippen molar-refractivity contribution in [3.8, 4) is 0 Å². The Morgan fingerprint density at radius 2 is 2.36 bits per heavy atom. The van der Waals surface area contributed by atoms with Gasteiger partial charge in [-0.1, -0.05) is 18.2 Å². The third kappa shape index (κ3) is 4.62. The molecule has 0 aromatic heterocycles. The number of hydrogen-bond acceptors (Lipinski definition) is 4. The van der Waals surface area contributed by atoms with E-state index in [2.05, 4.69) is 10.5 Å². The van der Waals surface area contributed by atoms with Crippen LogP contribution in [0.1, 0.15) is 25.7 Å². The first-order valence-corrected chi connectivity index (χ1v) is 5.83. The molecule has 14 heavy (non-hydrogen) atoms. The molecule has 4 nitrogen and oxygen atoms in total. The summed E-state index contributed by atoms with van der Waals surface area (Å²) < 4.78 is 4.97. The second kappa shape index (κ2) is 6.84. The van der Waals surface area contributed by atoms with Crippen LogP contribution in [-0.4, -0.2) is 30.3 Å². The lowest BCUT2D eigenvalue weighted by Crippen LogP contribution is -2.23.